The highest BCUT2D eigenvalue weighted by Crippen LogP contribution is 2.16. The van der Waals surface area contributed by atoms with E-state index in [1.807, 2.05) is 6.92 Å². The Morgan fingerprint density at radius 2 is 2.04 bits per heavy atom. The first-order valence-corrected chi connectivity index (χ1v) is 8.48. The SMILES string of the molecule is CCCCC(NC(=O)Cc1csc(NC(=O)C(C)C)n1)C(=O)O. The molecule has 23 heavy (non-hydrogen) atoms. The molecule has 0 bridgehead atoms. The molecule has 7 nitrogen and oxygen atoms in total. The van der Waals surface area contributed by atoms with Crippen molar-refractivity contribution in [3.8, 4) is 0 Å². The molecular formula is C15H23N3O4S. The third-order valence-electron chi connectivity index (χ3n) is 3.13. The van der Waals surface area contributed by atoms with E-state index in [0.717, 1.165) is 12.8 Å². The van der Waals surface area contributed by atoms with Gasteiger partial charge in [-0.1, -0.05) is 33.6 Å². The highest BCUT2D eigenvalue weighted by Gasteiger charge is 2.20. The van der Waals surface area contributed by atoms with E-state index < -0.39 is 12.0 Å². The molecule has 0 saturated carbocycles. The van der Waals surface area contributed by atoms with Crippen LogP contribution in [0.15, 0.2) is 5.38 Å². The van der Waals surface area contributed by atoms with Gasteiger partial charge in [0, 0.05) is 11.3 Å². The Morgan fingerprint density at radius 1 is 1.35 bits per heavy atom. The van der Waals surface area contributed by atoms with Gasteiger partial charge in [0.05, 0.1) is 12.1 Å². The fraction of sp³-hybridized carbons (Fsp3) is 0.600. The molecule has 0 aliphatic heterocycles. The van der Waals surface area contributed by atoms with Crippen molar-refractivity contribution in [1.29, 1.82) is 0 Å². The van der Waals surface area contributed by atoms with Crippen LogP contribution in [0.25, 0.3) is 0 Å². The highest BCUT2D eigenvalue weighted by molar-refractivity contribution is 7.13. The second-order valence-corrected chi connectivity index (χ2v) is 6.42. The lowest BCUT2D eigenvalue weighted by atomic mass is 10.1. The van der Waals surface area contributed by atoms with Gasteiger partial charge in [-0.2, -0.15) is 0 Å². The van der Waals surface area contributed by atoms with Gasteiger partial charge in [-0.15, -0.1) is 11.3 Å². The Kier molecular flexibility index (Phi) is 7.67. The third kappa shape index (κ3) is 6.77. The van der Waals surface area contributed by atoms with Crippen LogP contribution >= 0.6 is 11.3 Å². The molecule has 0 radical (unpaired) electrons. The molecule has 0 aromatic carbocycles. The maximum absolute atomic E-state index is 11.9. The third-order valence-corrected chi connectivity index (χ3v) is 3.93. The summed E-state index contributed by atoms with van der Waals surface area (Å²) in [6.07, 6.45) is 2.00. The number of carboxylic acid groups (broad SMARTS) is 1. The number of hydrogen-bond donors (Lipinski definition) is 3. The van der Waals surface area contributed by atoms with Crippen molar-refractivity contribution in [2.45, 2.75) is 52.5 Å². The minimum atomic E-state index is -1.03. The van der Waals surface area contributed by atoms with Gasteiger partial charge in [-0.3, -0.25) is 9.59 Å². The number of rotatable bonds is 9. The van der Waals surface area contributed by atoms with E-state index in [-0.39, 0.29) is 24.2 Å². The average Bonchev–Trinajstić information content (AvgIpc) is 2.89. The predicted molar refractivity (Wildman–Crippen MR) is 88.4 cm³/mol. The molecule has 2 amide bonds. The Labute approximate surface area is 139 Å². The number of nitrogens with zero attached hydrogens (tertiary/aromatic N) is 1. The number of carbonyl (C=O) groups excluding carboxylic acids is 2. The Morgan fingerprint density at radius 3 is 2.61 bits per heavy atom. The van der Waals surface area contributed by atoms with E-state index in [4.69, 9.17) is 5.11 Å². The molecule has 8 heteroatoms. The van der Waals surface area contributed by atoms with Crippen LogP contribution in [0.4, 0.5) is 5.13 Å². The van der Waals surface area contributed by atoms with Crippen molar-refractivity contribution >= 4 is 34.3 Å². The molecule has 1 aromatic rings. The zero-order valence-electron chi connectivity index (χ0n) is 13.6. The summed E-state index contributed by atoms with van der Waals surface area (Å²) in [7, 11) is 0. The maximum Gasteiger partial charge on any atom is 0.326 e. The maximum atomic E-state index is 11.9. The first-order valence-electron chi connectivity index (χ1n) is 7.60. The van der Waals surface area contributed by atoms with E-state index in [1.54, 1.807) is 19.2 Å². The van der Waals surface area contributed by atoms with E-state index in [1.165, 1.54) is 11.3 Å². The number of hydrogen-bond acceptors (Lipinski definition) is 5. The molecule has 1 rings (SSSR count). The Hall–Kier alpha value is -1.96. The summed E-state index contributed by atoms with van der Waals surface area (Å²) >= 11 is 1.24. The summed E-state index contributed by atoms with van der Waals surface area (Å²) in [6.45, 7) is 5.52. The number of aliphatic carboxylic acids is 1. The molecule has 0 spiro atoms. The van der Waals surface area contributed by atoms with Crippen LogP contribution in [0, 0.1) is 5.92 Å². The number of nitrogens with one attached hydrogen (secondary N) is 2. The van der Waals surface area contributed by atoms with E-state index in [9.17, 15) is 14.4 Å². The van der Waals surface area contributed by atoms with Gasteiger partial charge in [0.15, 0.2) is 5.13 Å². The van der Waals surface area contributed by atoms with Crippen molar-refractivity contribution in [2.75, 3.05) is 5.32 Å². The molecule has 128 valence electrons. The lowest BCUT2D eigenvalue weighted by molar-refractivity contribution is -0.142. The summed E-state index contributed by atoms with van der Waals surface area (Å²) < 4.78 is 0. The molecule has 1 aromatic heterocycles. The van der Waals surface area contributed by atoms with Gasteiger partial charge >= 0.3 is 5.97 Å². The highest BCUT2D eigenvalue weighted by atomic mass is 32.1. The van der Waals surface area contributed by atoms with E-state index >= 15 is 0 Å². The molecular weight excluding hydrogens is 318 g/mol. The van der Waals surface area contributed by atoms with Crippen LogP contribution in [-0.4, -0.2) is 33.9 Å². The number of anilines is 1. The molecule has 0 fully saturated rings. The van der Waals surface area contributed by atoms with E-state index in [0.29, 0.717) is 17.2 Å². The van der Waals surface area contributed by atoms with Gasteiger partial charge < -0.3 is 15.7 Å². The minimum Gasteiger partial charge on any atom is -0.480 e. The number of amides is 2. The smallest absolute Gasteiger partial charge is 0.326 e. The normalized spacial score (nSPS) is 12.0. The summed E-state index contributed by atoms with van der Waals surface area (Å²) in [5, 5.41) is 16.4. The van der Waals surface area contributed by atoms with Gasteiger partial charge in [0.25, 0.3) is 0 Å². The summed E-state index contributed by atoms with van der Waals surface area (Å²) in [4.78, 5) is 38.8. The van der Waals surface area contributed by atoms with Crippen LogP contribution in [0.1, 0.15) is 45.7 Å². The second kappa shape index (κ2) is 9.24. The number of carboxylic acids is 1. The number of carbonyl (C=O) groups is 3. The van der Waals surface area contributed by atoms with Crippen LogP contribution < -0.4 is 10.6 Å². The molecule has 3 N–H and O–H groups in total. The average molecular weight is 341 g/mol. The standard InChI is InChI=1S/C15H23N3O4S/c1-4-5-6-11(14(21)22)17-12(19)7-10-8-23-15(16-10)18-13(20)9(2)3/h8-9,11H,4-7H2,1-3H3,(H,17,19)(H,21,22)(H,16,18,20). The topological polar surface area (TPSA) is 108 Å². The van der Waals surface area contributed by atoms with Crippen LogP contribution in [0.2, 0.25) is 0 Å². The molecule has 1 unspecified atom stereocenters. The molecule has 1 heterocycles. The van der Waals surface area contributed by atoms with Crippen molar-refractivity contribution in [2.24, 2.45) is 5.92 Å². The lowest BCUT2D eigenvalue weighted by Crippen LogP contribution is -2.41. The molecule has 0 aliphatic carbocycles. The fourth-order valence-electron chi connectivity index (χ4n) is 1.77. The second-order valence-electron chi connectivity index (χ2n) is 5.57. The van der Waals surface area contributed by atoms with E-state index in [2.05, 4.69) is 15.6 Å². The van der Waals surface area contributed by atoms with Gasteiger partial charge in [0.1, 0.15) is 6.04 Å². The van der Waals surface area contributed by atoms with Gasteiger partial charge in [-0.05, 0) is 6.42 Å². The van der Waals surface area contributed by atoms with Crippen molar-refractivity contribution in [1.82, 2.24) is 10.3 Å². The van der Waals surface area contributed by atoms with Crippen molar-refractivity contribution < 1.29 is 19.5 Å². The quantitative estimate of drug-likeness (QED) is 0.637. The monoisotopic (exact) mass is 341 g/mol. The molecule has 0 saturated heterocycles. The number of thiazole rings is 1. The zero-order valence-corrected chi connectivity index (χ0v) is 14.4. The fourth-order valence-corrected chi connectivity index (χ4v) is 2.48. The first kappa shape index (κ1) is 19.1. The largest absolute Gasteiger partial charge is 0.480 e. The van der Waals surface area contributed by atoms with Crippen LogP contribution in [0.5, 0.6) is 0 Å². The first-order chi connectivity index (χ1) is 10.8. The van der Waals surface area contributed by atoms with Gasteiger partial charge in [0.2, 0.25) is 11.8 Å². The van der Waals surface area contributed by atoms with Crippen molar-refractivity contribution in [3.05, 3.63) is 11.1 Å². The Balaban J connectivity index is 2.55. The Bertz CT molecular complexity index is 557. The molecule has 1 atom stereocenters. The minimum absolute atomic E-state index is 0.00997. The van der Waals surface area contributed by atoms with Crippen LogP contribution in [0.3, 0.4) is 0 Å². The predicted octanol–water partition coefficient (Wildman–Crippen LogP) is 2.04. The number of aromatic nitrogens is 1. The van der Waals surface area contributed by atoms with Crippen molar-refractivity contribution in [3.63, 3.8) is 0 Å². The molecule has 0 aliphatic rings. The lowest BCUT2D eigenvalue weighted by Gasteiger charge is -2.13. The van der Waals surface area contributed by atoms with Gasteiger partial charge in [-0.25, -0.2) is 9.78 Å². The van der Waals surface area contributed by atoms with Crippen LogP contribution in [-0.2, 0) is 20.8 Å². The summed E-state index contributed by atoms with van der Waals surface area (Å²) in [5.74, 6) is -1.71. The summed E-state index contributed by atoms with van der Waals surface area (Å²) in [5.41, 5.74) is 0.506. The summed E-state index contributed by atoms with van der Waals surface area (Å²) in [6, 6.07) is -0.874. The zero-order chi connectivity index (χ0) is 17.4. The number of unbranched alkanes of at least 4 members (excludes halogenated alkanes) is 1.